The van der Waals surface area contributed by atoms with Crippen molar-refractivity contribution in [3.63, 3.8) is 0 Å². The number of nitrogens with one attached hydrogen (secondary N) is 1. The third-order valence-electron chi connectivity index (χ3n) is 2.54. The van der Waals surface area contributed by atoms with Crippen molar-refractivity contribution < 1.29 is 4.92 Å². The fraction of sp³-hybridized carbons (Fsp3) is 0.154. The van der Waals surface area contributed by atoms with E-state index in [2.05, 4.69) is 16.9 Å². The molecule has 0 aliphatic heterocycles. The summed E-state index contributed by atoms with van der Waals surface area (Å²) in [6.07, 6.45) is 2.69. The first kappa shape index (κ1) is 12.0. The Hall–Kier alpha value is -2.43. The van der Waals surface area contributed by atoms with Crippen LogP contribution in [-0.4, -0.2) is 16.5 Å². The van der Waals surface area contributed by atoms with E-state index in [1.54, 1.807) is 6.07 Å². The third kappa shape index (κ3) is 2.63. The minimum atomic E-state index is -0.407. The lowest BCUT2D eigenvalue weighted by Crippen LogP contribution is -2.01. The molecule has 0 bridgehead atoms. The largest absolute Gasteiger partial charge is 0.370 e. The summed E-state index contributed by atoms with van der Waals surface area (Å²) in [5.74, 6) is 0.762. The van der Waals surface area contributed by atoms with Crippen LogP contribution < -0.4 is 5.32 Å². The number of hydrogen-bond acceptors (Lipinski definition) is 4. The van der Waals surface area contributed by atoms with Gasteiger partial charge in [0.2, 0.25) is 0 Å². The standard InChI is InChI=1S/C13H13N3O2/c1-2-3-8-14-13-7-4-10-9-11(16(17)18)5-6-12(10)15-13/h2,4-7,9H,1,3,8H2,(H,14,15). The van der Waals surface area contributed by atoms with Gasteiger partial charge in [-0.15, -0.1) is 6.58 Å². The van der Waals surface area contributed by atoms with Crippen molar-refractivity contribution in [1.29, 1.82) is 0 Å². The summed E-state index contributed by atoms with van der Waals surface area (Å²) in [5.41, 5.74) is 0.820. The molecule has 5 nitrogen and oxygen atoms in total. The number of rotatable bonds is 5. The topological polar surface area (TPSA) is 68.1 Å². The fourth-order valence-corrected chi connectivity index (χ4v) is 1.63. The average Bonchev–Trinajstić information content (AvgIpc) is 2.38. The quantitative estimate of drug-likeness (QED) is 0.379. The van der Waals surface area contributed by atoms with Gasteiger partial charge in [0.25, 0.3) is 5.69 Å². The normalized spacial score (nSPS) is 10.2. The highest BCUT2D eigenvalue weighted by Gasteiger charge is 2.06. The van der Waals surface area contributed by atoms with Gasteiger partial charge in [0.1, 0.15) is 5.82 Å². The van der Waals surface area contributed by atoms with Gasteiger partial charge in [0.15, 0.2) is 0 Å². The van der Waals surface area contributed by atoms with E-state index in [1.807, 2.05) is 18.2 Å². The van der Waals surface area contributed by atoms with Crippen LogP contribution in [-0.2, 0) is 0 Å². The van der Waals surface area contributed by atoms with Crippen LogP contribution in [0.15, 0.2) is 43.0 Å². The highest BCUT2D eigenvalue weighted by Crippen LogP contribution is 2.20. The van der Waals surface area contributed by atoms with Gasteiger partial charge in [-0.3, -0.25) is 10.1 Å². The zero-order valence-corrected chi connectivity index (χ0v) is 9.80. The number of pyridine rings is 1. The van der Waals surface area contributed by atoms with Crippen molar-refractivity contribution in [1.82, 2.24) is 4.98 Å². The minimum absolute atomic E-state index is 0.0802. The van der Waals surface area contributed by atoms with Gasteiger partial charge in [-0.1, -0.05) is 6.08 Å². The van der Waals surface area contributed by atoms with Gasteiger partial charge in [0.05, 0.1) is 10.4 Å². The Labute approximate surface area is 104 Å². The van der Waals surface area contributed by atoms with Gasteiger partial charge in [-0.05, 0) is 24.6 Å². The number of anilines is 1. The number of nitro groups is 1. The number of fused-ring (bicyclic) bond motifs is 1. The molecule has 5 heteroatoms. The lowest BCUT2D eigenvalue weighted by atomic mass is 10.2. The molecule has 0 aliphatic rings. The molecule has 0 atom stereocenters. The molecule has 0 unspecified atom stereocenters. The lowest BCUT2D eigenvalue weighted by Gasteiger charge is -2.05. The molecule has 0 amide bonds. The maximum absolute atomic E-state index is 10.6. The van der Waals surface area contributed by atoms with Crippen LogP contribution in [0.4, 0.5) is 11.5 Å². The van der Waals surface area contributed by atoms with Gasteiger partial charge in [-0.25, -0.2) is 4.98 Å². The molecule has 0 radical (unpaired) electrons. The molecule has 2 aromatic rings. The van der Waals surface area contributed by atoms with Crippen LogP contribution in [0.2, 0.25) is 0 Å². The van der Waals surface area contributed by atoms with E-state index in [0.29, 0.717) is 0 Å². The second-order valence-corrected chi connectivity index (χ2v) is 3.83. The number of aromatic nitrogens is 1. The SMILES string of the molecule is C=CCCNc1ccc2cc([N+](=O)[O-])ccc2n1. The summed E-state index contributed by atoms with van der Waals surface area (Å²) in [6, 6.07) is 8.28. The van der Waals surface area contributed by atoms with Crippen LogP contribution in [0.25, 0.3) is 10.9 Å². The zero-order chi connectivity index (χ0) is 13.0. The predicted octanol–water partition coefficient (Wildman–Crippen LogP) is 3.13. The Bertz CT molecular complexity index is 596. The molecular weight excluding hydrogens is 230 g/mol. The van der Waals surface area contributed by atoms with Crippen molar-refractivity contribution in [2.45, 2.75) is 6.42 Å². The van der Waals surface area contributed by atoms with Crippen LogP contribution in [0.5, 0.6) is 0 Å². The first-order valence-electron chi connectivity index (χ1n) is 5.60. The van der Waals surface area contributed by atoms with E-state index >= 15 is 0 Å². The first-order valence-corrected chi connectivity index (χ1v) is 5.60. The highest BCUT2D eigenvalue weighted by molar-refractivity contribution is 5.82. The molecule has 1 heterocycles. The molecule has 92 valence electrons. The summed E-state index contributed by atoms with van der Waals surface area (Å²) in [5, 5.41) is 14.6. The molecule has 18 heavy (non-hydrogen) atoms. The summed E-state index contributed by atoms with van der Waals surface area (Å²) in [4.78, 5) is 14.6. The average molecular weight is 243 g/mol. The van der Waals surface area contributed by atoms with Gasteiger partial charge < -0.3 is 5.32 Å². The van der Waals surface area contributed by atoms with Crippen molar-refractivity contribution in [2.75, 3.05) is 11.9 Å². The number of benzene rings is 1. The Morgan fingerprint density at radius 1 is 1.39 bits per heavy atom. The van der Waals surface area contributed by atoms with Gasteiger partial charge in [-0.2, -0.15) is 0 Å². The van der Waals surface area contributed by atoms with Gasteiger partial charge in [0, 0.05) is 24.1 Å². The summed E-state index contributed by atoms with van der Waals surface area (Å²) in [6.45, 7) is 4.42. The number of nitrogens with zero attached hydrogens (tertiary/aromatic N) is 2. The number of hydrogen-bond donors (Lipinski definition) is 1. The van der Waals surface area contributed by atoms with Crippen molar-refractivity contribution in [2.24, 2.45) is 0 Å². The number of non-ortho nitro benzene ring substituents is 1. The smallest absolute Gasteiger partial charge is 0.270 e. The van der Waals surface area contributed by atoms with Crippen molar-refractivity contribution in [3.8, 4) is 0 Å². The summed E-state index contributed by atoms with van der Waals surface area (Å²) < 4.78 is 0. The molecule has 2 rings (SSSR count). The molecule has 0 saturated carbocycles. The molecule has 1 N–H and O–H groups in total. The van der Waals surface area contributed by atoms with Crippen LogP contribution in [0, 0.1) is 10.1 Å². The number of nitro benzene ring substituents is 1. The van der Waals surface area contributed by atoms with E-state index in [4.69, 9.17) is 0 Å². The third-order valence-corrected chi connectivity index (χ3v) is 2.54. The molecule has 0 saturated heterocycles. The Balaban J connectivity index is 2.26. The van der Waals surface area contributed by atoms with Gasteiger partial charge >= 0.3 is 0 Å². The minimum Gasteiger partial charge on any atom is -0.370 e. The van der Waals surface area contributed by atoms with Crippen LogP contribution in [0.1, 0.15) is 6.42 Å². The lowest BCUT2D eigenvalue weighted by molar-refractivity contribution is -0.384. The Kier molecular flexibility index (Phi) is 3.52. The summed E-state index contributed by atoms with van der Waals surface area (Å²) in [7, 11) is 0. The Morgan fingerprint density at radius 3 is 2.94 bits per heavy atom. The predicted molar refractivity (Wildman–Crippen MR) is 71.7 cm³/mol. The van der Waals surface area contributed by atoms with Crippen molar-refractivity contribution >= 4 is 22.4 Å². The second-order valence-electron chi connectivity index (χ2n) is 3.83. The molecule has 1 aromatic carbocycles. The maximum atomic E-state index is 10.6. The van der Waals surface area contributed by atoms with Crippen molar-refractivity contribution in [3.05, 3.63) is 53.1 Å². The monoisotopic (exact) mass is 243 g/mol. The second kappa shape index (κ2) is 5.27. The van der Waals surface area contributed by atoms with E-state index in [-0.39, 0.29) is 5.69 Å². The molecule has 0 aliphatic carbocycles. The van der Waals surface area contributed by atoms with Crippen LogP contribution >= 0.6 is 0 Å². The van der Waals surface area contributed by atoms with E-state index < -0.39 is 4.92 Å². The molecular formula is C13H13N3O2. The molecule has 0 fully saturated rings. The van der Waals surface area contributed by atoms with E-state index in [1.165, 1.54) is 12.1 Å². The summed E-state index contributed by atoms with van der Waals surface area (Å²) >= 11 is 0. The van der Waals surface area contributed by atoms with E-state index in [0.717, 1.165) is 29.7 Å². The maximum Gasteiger partial charge on any atom is 0.270 e. The van der Waals surface area contributed by atoms with E-state index in [9.17, 15) is 10.1 Å². The zero-order valence-electron chi connectivity index (χ0n) is 9.80. The first-order chi connectivity index (χ1) is 8.70. The Morgan fingerprint density at radius 2 is 2.22 bits per heavy atom. The fourth-order valence-electron chi connectivity index (χ4n) is 1.63. The highest BCUT2D eigenvalue weighted by atomic mass is 16.6. The molecule has 0 spiro atoms. The molecule has 1 aromatic heterocycles. The van der Waals surface area contributed by atoms with Crippen LogP contribution in [0.3, 0.4) is 0 Å².